The zero-order valence-electron chi connectivity index (χ0n) is 19.7. The van der Waals surface area contributed by atoms with Crippen molar-refractivity contribution in [1.29, 1.82) is 0 Å². The Bertz CT molecular complexity index is 999. The zero-order chi connectivity index (χ0) is 24.1. The molecule has 0 bridgehead atoms. The topological polar surface area (TPSA) is 98.3 Å². The van der Waals surface area contributed by atoms with Gasteiger partial charge in [0.15, 0.2) is 0 Å². The molecule has 1 saturated heterocycles. The summed E-state index contributed by atoms with van der Waals surface area (Å²) in [5.41, 5.74) is 0.853. The summed E-state index contributed by atoms with van der Waals surface area (Å²) in [6.45, 7) is 4.10. The first kappa shape index (κ1) is 24.8. The van der Waals surface area contributed by atoms with E-state index in [-0.39, 0.29) is 17.9 Å². The second-order valence-electron chi connectivity index (χ2n) is 8.98. The highest BCUT2D eigenvalue weighted by atomic mass is 35.5. The molecule has 0 spiro atoms. The van der Waals surface area contributed by atoms with Gasteiger partial charge in [-0.25, -0.2) is 0 Å². The highest BCUT2D eigenvalue weighted by Gasteiger charge is 2.28. The summed E-state index contributed by atoms with van der Waals surface area (Å²) >= 11 is 12.2. The molecule has 11 heteroatoms. The van der Waals surface area contributed by atoms with Crippen LogP contribution in [0, 0.1) is 5.92 Å². The number of hydrogen-bond donors (Lipinski definition) is 3. The number of anilines is 3. The number of carbonyl (C=O) groups is 1. The normalized spacial score (nSPS) is 21.2. The third-order valence-corrected chi connectivity index (χ3v) is 7.07. The predicted octanol–water partition coefficient (Wildman–Crippen LogP) is 3.26. The van der Waals surface area contributed by atoms with Crippen molar-refractivity contribution in [2.24, 2.45) is 5.92 Å². The molecule has 4 rings (SSSR count). The number of nitrogens with one attached hydrogen (secondary N) is 3. The van der Waals surface area contributed by atoms with E-state index >= 15 is 0 Å². The Kier molecular flexibility index (Phi) is 8.28. The molecule has 1 amide bonds. The number of rotatable bonds is 7. The van der Waals surface area contributed by atoms with E-state index in [0.29, 0.717) is 34.4 Å². The van der Waals surface area contributed by atoms with E-state index in [1.165, 1.54) is 0 Å². The number of benzene rings is 1. The molecule has 2 fully saturated rings. The maximum Gasteiger partial charge on any atom is 0.232 e. The standard InChI is InChI=1S/C23H32Cl2N8O/c1-26-21-29-22(31-23(30-21)33-10-8-32(2)9-11-33)28-18-5-3-4-15(12-18)20(34)27-14-16-6-7-17(24)13-19(16)25/h6-7,13,15,18H,3-5,8-12,14H2,1-2H3,(H,27,34)(H2,26,28,29,30,31). The molecule has 1 aromatic heterocycles. The number of amides is 1. The molecule has 34 heavy (non-hydrogen) atoms. The molecule has 1 aliphatic heterocycles. The Morgan fingerprint density at radius 1 is 1.09 bits per heavy atom. The highest BCUT2D eigenvalue weighted by Crippen LogP contribution is 2.27. The first-order valence-corrected chi connectivity index (χ1v) is 12.5. The summed E-state index contributed by atoms with van der Waals surface area (Å²) < 4.78 is 0. The number of likely N-dealkylation sites (N-methyl/N-ethyl adjacent to an activating group) is 1. The van der Waals surface area contributed by atoms with Gasteiger partial charge in [0.2, 0.25) is 23.8 Å². The van der Waals surface area contributed by atoms with E-state index in [0.717, 1.165) is 57.4 Å². The molecule has 0 radical (unpaired) electrons. The van der Waals surface area contributed by atoms with Crippen LogP contribution in [0.15, 0.2) is 18.2 Å². The fraction of sp³-hybridized carbons (Fsp3) is 0.565. The first-order chi connectivity index (χ1) is 16.4. The predicted molar refractivity (Wildman–Crippen MR) is 137 cm³/mol. The van der Waals surface area contributed by atoms with Crippen molar-refractivity contribution in [2.45, 2.75) is 38.3 Å². The Morgan fingerprint density at radius 3 is 2.59 bits per heavy atom. The van der Waals surface area contributed by atoms with E-state index in [1.807, 2.05) is 6.07 Å². The Labute approximate surface area is 210 Å². The van der Waals surface area contributed by atoms with Crippen LogP contribution in [-0.2, 0) is 11.3 Å². The van der Waals surface area contributed by atoms with Crippen molar-refractivity contribution in [3.05, 3.63) is 33.8 Å². The molecule has 9 nitrogen and oxygen atoms in total. The monoisotopic (exact) mass is 506 g/mol. The van der Waals surface area contributed by atoms with Crippen LogP contribution in [0.5, 0.6) is 0 Å². The second-order valence-corrected chi connectivity index (χ2v) is 9.82. The van der Waals surface area contributed by atoms with Crippen LogP contribution in [0.2, 0.25) is 10.0 Å². The smallest absolute Gasteiger partial charge is 0.232 e. The van der Waals surface area contributed by atoms with Gasteiger partial charge in [-0.3, -0.25) is 4.79 Å². The van der Waals surface area contributed by atoms with Crippen molar-refractivity contribution < 1.29 is 4.79 Å². The van der Waals surface area contributed by atoms with Crippen LogP contribution in [0.4, 0.5) is 17.8 Å². The summed E-state index contributed by atoms with van der Waals surface area (Å²) in [6, 6.07) is 5.43. The second kappa shape index (κ2) is 11.4. The molecule has 184 valence electrons. The van der Waals surface area contributed by atoms with Crippen molar-refractivity contribution >= 4 is 47.0 Å². The fourth-order valence-electron chi connectivity index (χ4n) is 4.42. The average Bonchev–Trinajstić information content (AvgIpc) is 2.83. The first-order valence-electron chi connectivity index (χ1n) is 11.8. The van der Waals surface area contributed by atoms with Crippen molar-refractivity contribution in [3.8, 4) is 0 Å². The van der Waals surface area contributed by atoms with E-state index in [4.69, 9.17) is 28.2 Å². The van der Waals surface area contributed by atoms with Gasteiger partial charge in [0.1, 0.15) is 0 Å². The summed E-state index contributed by atoms with van der Waals surface area (Å²) in [7, 11) is 3.93. The summed E-state index contributed by atoms with van der Waals surface area (Å²) in [4.78, 5) is 31.1. The number of carbonyl (C=O) groups excluding carboxylic acids is 1. The number of hydrogen-bond acceptors (Lipinski definition) is 8. The third kappa shape index (κ3) is 6.40. The molecule has 2 unspecified atom stereocenters. The number of aromatic nitrogens is 3. The number of nitrogens with zero attached hydrogens (tertiary/aromatic N) is 5. The lowest BCUT2D eigenvalue weighted by molar-refractivity contribution is -0.126. The summed E-state index contributed by atoms with van der Waals surface area (Å²) in [5, 5.41) is 10.7. The lowest BCUT2D eigenvalue weighted by Gasteiger charge is -2.33. The number of halogens is 2. The summed E-state index contributed by atoms with van der Waals surface area (Å²) in [5.74, 6) is 1.74. The SMILES string of the molecule is CNc1nc(NC2CCCC(C(=O)NCc3ccc(Cl)cc3Cl)C2)nc(N2CCN(C)CC2)n1. The van der Waals surface area contributed by atoms with Gasteiger partial charge in [0.05, 0.1) is 0 Å². The molecule has 3 N–H and O–H groups in total. The molecule has 2 aliphatic rings. The van der Waals surface area contributed by atoms with Gasteiger partial charge in [-0.1, -0.05) is 35.7 Å². The number of piperazine rings is 1. The van der Waals surface area contributed by atoms with Gasteiger partial charge in [-0.15, -0.1) is 0 Å². The fourth-order valence-corrected chi connectivity index (χ4v) is 4.90. The zero-order valence-corrected chi connectivity index (χ0v) is 21.2. The van der Waals surface area contributed by atoms with Crippen LogP contribution < -0.4 is 20.9 Å². The van der Waals surface area contributed by atoms with Crippen LogP contribution >= 0.6 is 23.2 Å². The van der Waals surface area contributed by atoms with Gasteiger partial charge in [0.25, 0.3) is 0 Å². The largest absolute Gasteiger partial charge is 0.357 e. The van der Waals surface area contributed by atoms with E-state index < -0.39 is 0 Å². The van der Waals surface area contributed by atoms with Gasteiger partial charge in [-0.2, -0.15) is 15.0 Å². The molecular weight excluding hydrogens is 475 g/mol. The van der Waals surface area contributed by atoms with Crippen LogP contribution in [0.1, 0.15) is 31.2 Å². The van der Waals surface area contributed by atoms with Crippen LogP contribution in [0.25, 0.3) is 0 Å². The van der Waals surface area contributed by atoms with Crippen molar-refractivity contribution in [3.63, 3.8) is 0 Å². The van der Waals surface area contributed by atoms with Gasteiger partial charge >= 0.3 is 0 Å². The quantitative estimate of drug-likeness (QED) is 0.526. The molecular formula is C23H32Cl2N8O. The van der Waals surface area contributed by atoms with Gasteiger partial charge < -0.3 is 25.8 Å². The lowest BCUT2D eigenvalue weighted by Crippen LogP contribution is -2.45. The van der Waals surface area contributed by atoms with Gasteiger partial charge in [-0.05, 0) is 44.0 Å². The highest BCUT2D eigenvalue weighted by molar-refractivity contribution is 6.35. The van der Waals surface area contributed by atoms with Crippen LogP contribution in [0.3, 0.4) is 0 Å². The molecule has 1 aliphatic carbocycles. The molecule has 2 aromatic rings. The Hall–Kier alpha value is -2.36. The van der Waals surface area contributed by atoms with Crippen molar-refractivity contribution in [1.82, 2.24) is 25.2 Å². The molecule has 1 saturated carbocycles. The minimum atomic E-state index is -0.0694. The maximum absolute atomic E-state index is 12.9. The molecule has 2 atom stereocenters. The molecule has 1 aromatic carbocycles. The minimum Gasteiger partial charge on any atom is -0.357 e. The molecule has 2 heterocycles. The third-order valence-electron chi connectivity index (χ3n) is 6.48. The minimum absolute atomic E-state index is 0.0437. The van der Waals surface area contributed by atoms with E-state index in [1.54, 1.807) is 19.2 Å². The maximum atomic E-state index is 12.9. The van der Waals surface area contributed by atoms with Crippen molar-refractivity contribution in [2.75, 3.05) is 55.8 Å². The van der Waals surface area contributed by atoms with E-state index in [9.17, 15) is 4.79 Å². The van der Waals surface area contributed by atoms with E-state index in [2.05, 4.69) is 42.8 Å². The Morgan fingerprint density at radius 2 is 1.85 bits per heavy atom. The van der Waals surface area contributed by atoms with Crippen LogP contribution in [-0.4, -0.2) is 72.1 Å². The Balaban J connectivity index is 1.36. The lowest BCUT2D eigenvalue weighted by atomic mass is 9.85. The van der Waals surface area contributed by atoms with Gasteiger partial charge in [0, 0.05) is 61.8 Å². The average molecular weight is 507 g/mol. The summed E-state index contributed by atoms with van der Waals surface area (Å²) in [6.07, 6.45) is 3.53.